The number of carbonyl (C=O) groups excluding carboxylic acids is 1. The van der Waals surface area contributed by atoms with E-state index in [0.29, 0.717) is 22.2 Å². The van der Waals surface area contributed by atoms with Gasteiger partial charge in [0.05, 0.1) is 29.1 Å². The number of hydrogen-bond acceptors (Lipinski definition) is 4. The van der Waals surface area contributed by atoms with Gasteiger partial charge in [-0.2, -0.15) is 0 Å². The summed E-state index contributed by atoms with van der Waals surface area (Å²) >= 11 is 13.4. The first-order chi connectivity index (χ1) is 11.0. The molecular formula is C16H12Cl2N2O2S. The van der Waals surface area contributed by atoms with E-state index in [2.05, 4.69) is 10.3 Å². The molecule has 23 heavy (non-hydrogen) atoms. The van der Waals surface area contributed by atoms with Crippen LogP contribution in [0.25, 0.3) is 10.8 Å². The van der Waals surface area contributed by atoms with Crippen LogP contribution >= 0.6 is 34.5 Å². The molecule has 0 radical (unpaired) electrons. The minimum Gasteiger partial charge on any atom is -0.462 e. The Morgan fingerprint density at radius 2 is 2.17 bits per heavy atom. The number of carbonyl (C=O) groups is 1. The fraction of sp³-hybridized carbons (Fsp3) is 0.125. The summed E-state index contributed by atoms with van der Waals surface area (Å²) < 4.78 is 5.34. The van der Waals surface area contributed by atoms with Crippen LogP contribution in [0.1, 0.15) is 20.9 Å². The second-order valence-electron chi connectivity index (χ2n) is 4.81. The highest BCUT2D eigenvalue weighted by Crippen LogP contribution is 2.28. The molecule has 1 aromatic carbocycles. The summed E-state index contributed by atoms with van der Waals surface area (Å²) in [7, 11) is 0. The van der Waals surface area contributed by atoms with Crippen LogP contribution in [-0.2, 0) is 6.54 Å². The molecule has 0 saturated heterocycles. The molecule has 4 nitrogen and oxygen atoms in total. The second kappa shape index (κ2) is 6.74. The lowest BCUT2D eigenvalue weighted by molar-refractivity contribution is 0.0951. The summed E-state index contributed by atoms with van der Waals surface area (Å²) in [6.45, 7) is 2.28. The van der Waals surface area contributed by atoms with Gasteiger partial charge in [0.1, 0.15) is 0 Å². The van der Waals surface area contributed by atoms with E-state index < -0.39 is 0 Å². The number of rotatable bonds is 4. The number of nitrogens with one attached hydrogen (secondary N) is 1. The van der Waals surface area contributed by atoms with Gasteiger partial charge in [0, 0.05) is 9.90 Å². The van der Waals surface area contributed by atoms with Crippen molar-refractivity contribution in [1.29, 1.82) is 0 Å². The predicted octanol–water partition coefficient (Wildman–Crippen LogP) is 4.95. The third kappa shape index (κ3) is 3.58. The first-order valence-electron chi connectivity index (χ1n) is 6.78. The number of nitrogens with zero attached hydrogens (tertiary/aromatic N) is 1. The summed E-state index contributed by atoms with van der Waals surface area (Å²) in [6.07, 6.45) is 1.61. The minimum absolute atomic E-state index is 0.251. The molecule has 0 unspecified atom stereocenters. The molecule has 0 saturated carbocycles. The number of aryl methyl sites for hydroxylation is 1. The van der Waals surface area contributed by atoms with E-state index in [-0.39, 0.29) is 5.91 Å². The first kappa shape index (κ1) is 16.1. The van der Waals surface area contributed by atoms with Gasteiger partial charge in [-0.1, -0.05) is 23.2 Å². The van der Waals surface area contributed by atoms with Crippen molar-refractivity contribution in [1.82, 2.24) is 10.3 Å². The van der Waals surface area contributed by atoms with Gasteiger partial charge in [-0.3, -0.25) is 4.79 Å². The fourth-order valence-electron chi connectivity index (χ4n) is 2.03. The van der Waals surface area contributed by atoms with Crippen molar-refractivity contribution in [3.63, 3.8) is 0 Å². The topological polar surface area (TPSA) is 55.1 Å². The van der Waals surface area contributed by atoms with Gasteiger partial charge < -0.3 is 9.73 Å². The zero-order valence-electron chi connectivity index (χ0n) is 12.1. The quantitative estimate of drug-likeness (QED) is 0.710. The lowest BCUT2D eigenvalue weighted by Gasteiger charge is -2.06. The lowest BCUT2D eigenvalue weighted by atomic mass is 10.2. The molecule has 0 bridgehead atoms. The summed E-state index contributed by atoms with van der Waals surface area (Å²) in [5.41, 5.74) is 1.26. The van der Waals surface area contributed by atoms with E-state index in [1.807, 2.05) is 19.1 Å². The standard InChI is InChI=1S/C16H12Cl2N2O2S/c1-9-14(23-16(20-9)13-3-2-6-22-13)8-19-15(21)11-5-4-10(17)7-12(11)18/h2-7H,8H2,1H3,(H,19,21). The van der Waals surface area contributed by atoms with Gasteiger partial charge in [-0.15, -0.1) is 11.3 Å². The number of furan rings is 1. The largest absolute Gasteiger partial charge is 0.462 e. The monoisotopic (exact) mass is 366 g/mol. The smallest absolute Gasteiger partial charge is 0.253 e. The van der Waals surface area contributed by atoms with E-state index in [1.54, 1.807) is 24.5 Å². The number of aromatic nitrogens is 1. The molecule has 2 aromatic heterocycles. The number of halogens is 2. The molecule has 1 N–H and O–H groups in total. The van der Waals surface area contributed by atoms with Crippen LogP contribution in [0.5, 0.6) is 0 Å². The average molecular weight is 367 g/mol. The Kier molecular flexibility index (Phi) is 4.71. The number of hydrogen-bond donors (Lipinski definition) is 1. The molecule has 3 rings (SSSR count). The van der Waals surface area contributed by atoms with Crippen LogP contribution in [-0.4, -0.2) is 10.9 Å². The third-order valence-corrected chi connectivity index (χ3v) is 4.93. The van der Waals surface area contributed by atoms with Crippen LogP contribution in [0.4, 0.5) is 0 Å². The Labute approximate surface area is 147 Å². The van der Waals surface area contributed by atoms with Crippen molar-refractivity contribution in [2.75, 3.05) is 0 Å². The maximum absolute atomic E-state index is 12.2. The lowest BCUT2D eigenvalue weighted by Crippen LogP contribution is -2.23. The predicted molar refractivity (Wildman–Crippen MR) is 92.2 cm³/mol. The van der Waals surface area contributed by atoms with Crippen molar-refractivity contribution in [2.24, 2.45) is 0 Å². The summed E-state index contributed by atoms with van der Waals surface area (Å²) in [6, 6.07) is 8.46. The maximum atomic E-state index is 12.2. The zero-order chi connectivity index (χ0) is 16.4. The molecule has 0 aliphatic heterocycles. The molecule has 0 atom stereocenters. The summed E-state index contributed by atoms with van der Waals surface area (Å²) in [5.74, 6) is 0.468. The Hall–Kier alpha value is -1.82. The van der Waals surface area contributed by atoms with E-state index >= 15 is 0 Å². The molecule has 2 heterocycles. The van der Waals surface area contributed by atoms with Gasteiger partial charge in [0.15, 0.2) is 10.8 Å². The molecule has 1 amide bonds. The Morgan fingerprint density at radius 3 is 2.87 bits per heavy atom. The van der Waals surface area contributed by atoms with Gasteiger partial charge in [0.25, 0.3) is 5.91 Å². The Balaban J connectivity index is 1.72. The van der Waals surface area contributed by atoms with Crippen molar-refractivity contribution in [3.8, 4) is 10.8 Å². The van der Waals surface area contributed by atoms with E-state index in [9.17, 15) is 4.79 Å². The van der Waals surface area contributed by atoms with E-state index in [1.165, 1.54) is 11.3 Å². The van der Waals surface area contributed by atoms with Gasteiger partial charge >= 0.3 is 0 Å². The Bertz CT molecular complexity index is 844. The highest BCUT2D eigenvalue weighted by molar-refractivity contribution is 7.15. The maximum Gasteiger partial charge on any atom is 0.253 e. The van der Waals surface area contributed by atoms with Crippen molar-refractivity contribution < 1.29 is 9.21 Å². The van der Waals surface area contributed by atoms with Crippen molar-refractivity contribution in [2.45, 2.75) is 13.5 Å². The SMILES string of the molecule is Cc1nc(-c2ccco2)sc1CNC(=O)c1ccc(Cl)cc1Cl. The van der Waals surface area contributed by atoms with Gasteiger partial charge in [0.2, 0.25) is 0 Å². The van der Waals surface area contributed by atoms with E-state index in [4.69, 9.17) is 27.6 Å². The van der Waals surface area contributed by atoms with Crippen LogP contribution in [0.2, 0.25) is 10.0 Å². The van der Waals surface area contributed by atoms with E-state index in [0.717, 1.165) is 21.3 Å². The second-order valence-corrected chi connectivity index (χ2v) is 6.74. The number of benzene rings is 1. The van der Waals surface area contributed by atoms with Gasteiger partial charge in [-0.05, 0) is 37.3 Å². The van der Waals surface area contributed by atoms with Crippen LogP contribution in [0.3, 0.4) is 0 Å². The molecular weight excluding hydrogens is 355 g/mol. The zero-order valence-corrected chi connectivity index (χ0v) is 14.4. The molecule has 3 aromatic rings. The Morgan fingerprint density at radius 1 is 1.35 bits per heavy atom. The average Bonchev–Trinajstić information content (AvgIpc) is 3.14. The molecule has 7 heteroatoms. The molecule has 0 fully saturated rings. The number of amides is 1. The van der Waals surface area contributed by atoms with Crippen molar-refractivity contribution >= 4 is 40.4 Å². The first-order valence-corrected chi connectivity index (χ1v) is 8.35. The van der Waals surface area contributed by atoms with Crippen LogP contribution in [0, 0.1) is 6.92 Å². The summed E-state index contributed by atoms with van der Waals surface area (Å²) in [5, 5.41) is 4.46. The minimum atomic E-state index is -0.251. The van der Waals surface area contributed by atoms with Crippen LogP contribution in [0.15, 0.2) is 41.0 Å². The van der Waals surface area contributed by atoms with Crippen LogP contribution < -0.4 is 5.32 Å². The van der Waals surface area contributed by atoms with Gasteiger partial charge in [-0.25, -0.2) is 4.98 Å². The molecule has 0 aliphatic rings. The summed E-state index contributed by atoms with van der Waals surface area (Å²) in [4.78, 5) is 17.7. The highest BCUT2D eigenvalue weighted by atomic mass is 35.5. The van der Waals surface area contributed by atoms with Crippen molar-refractivity contribution in [3.05, 3.63) is 62.8 Å². The third-order valence-electron chi connectivity index (χ3n) is 3.21. The normalized spacial score (nSPS) is 10.7. The molecule has 118 valence electrons. The number of thiazole rings is 1. The molecule has 0 aliphatic carbocycles. The fourth-order valence-corrected chi connectivity index (χ4v) is 3.49. The highest BCUT2D eigenvalue weighted by Gasteiger charge is 2.14. The molecule has 0 spiro atoms.